The van der Waals surface area contributed by atoms with Gasteiger partial charge in [-0.1, -0.05) is 18.1 Å². The van der Waals surface area contributed by atoms with Crippen LogP contribution in [0.1, 0.15) is 16.8 Å². The van der Waals surface area contributed by atoms with E-state index in [1.807, 2.05) is 43.5 Å². The van der Waals surface area contributed by atoms with Crippen molar-refractivity contribution in [2.24, 2.45) is 0 Å². The molecule has 0 bridgehead atoms. The standard InChI is InChI=1S/C15H14N2/c1-3-13-5-4-6-15(9-13)17-11-14-8-7-12(2)16-10-14/h1,4-10,17H,11H2,2H3. The average Bonchev–Trinajstić information content (AvgIpc) is 2.38. The number of pyridine rings is 1. The summed E-state index contributed by atoms with van der Waals surface area (Å²) < 4.78 is 0. The highest BCUT2D eigenvalue weighted by atomic mass is 14.9. The molecule has 0 atom stereocenters. The van der Waals surface area contributed by atoms with Crippen molar-refractivity contribution in [3.63, 3.8) is 0 Å². The lowest BCUT2D eigenvalue weighted by Gasteiger charge is -2.06. The predicted octanol–water partition coefficient (Wildman–Crippen LogP) is 2.98. The molecule has 0 aliphatic carbocycles. The van der Waals surface area contributed by atoms with Crippen LogP contribution in [0.4, 0.5) is 5.69 Å². The molecule has 2 aromatic rings. The zero-order chi connectivity index (χ0) is 12.1. The first-order chi connectivity index (χ1) is 8.28. The molecule has 2 heteroatoms. The molecule has 84 valence electrons. The van der Waals surface area contributed by atoms with Crippen LogP contribution in [-0.4, -0.2) is 4.98 Å². The van der Waals surface area contributed by atoms with E-state index in [9.17, 15) is 0 Å². The Kier molecular flexibility index (Phi) is 3.42. The van der Waals surface area contributed by atoms with Crippen LogP contribution in [0.15, 0.2) is 42.6 Å². The zero-order valence-electron chi connectivity index (χ0n) is 9.77. The van der Waals surface area contributed by atoms with Crippen molar-refractivity contribution in [1.29, 1.82) is 0 Å². The Labute approximate surface area is 102 Å². The van der Waals surface area contributed by atoms with E-state index in [2.05, 4.69) is 22.3 Å². The summed E-state index contributed by atoms with van der Waals surface area (Å²) in [4.78, 5) is 4.25. The molecule has 17 heavy (non-hydrogen) atoms. The molecular weight excluding hydrogens is 208 g/mol. The van der Waals surface area contributed by atoms with E-state index >= 15 is 0 Å². The maximum absolute atomic E-state index is 5.35. The zero-order valence-corrected chi connectivity index (χ0v) is 9.77. The lowest BCUT2D eigenvalue weighted by Crippen LogP contribution is -2.00. The van der Waals surface area contributed by atoms with Gasteiger partial charge in [0.05, 0.1) is 0 Å². The quantitative estimate of drug-likeness (QED) is 0.807. The van der Waals surface area contributed by atoms with Gasteiger partial charge in [0.1, 0.15) is 0 Å². The Bertz CT molecular complexity index is 536. The Balaban J connectivity index is 2.02. The summed E-state index contributed by atoms with van der Waals surface area (Å²) in [5.41, 5.74) is 4.10. The van der Waals surface area contributed by atoms with Gasteiger partial charge in [-0.15, -0.1) is 6.42 Å². The maximum Gasteiger partial charge on any atom is 0.0416 e. The highest BCUT2D eigenvalue weighted by Gasteiger charge is 1.95. The van der Waals surface area contributed by atoms with Gasteiger partial charge in [-0.3, -0.25) is 4.98 Å². The topological polar surface area (TPSA) is 24.9 Å². The number of hydrogen-bond acceptors (Lipinski definition) is 2. The first-order valence-electron chi connectivity index (χ1n) is 5.50. The van der Waals surface area contributed by atoms with Crippen LogP contribution in [0.2, 0.25) is 0 Å². The summed E-state index contributed by atoms with van der Waals surface area (Å²) in [7, 11) is 0. The highest BCUT2D eigenvalue weighted by molar-refractivity contribution is 5.50. The van der Waals surface area contributed by atoms with Crippen LogP contribution in [0.25, 0.3) is 0 Å². The monoisotopic (exact) mass is 222 g/mol. The molecule has 0 amide bonds. The van der Waals surface area contributed by atoms with Crippen LogP contribution >= 0.6 is 0 Å². The third-order valence-electron chi connectivity index (χ3n) is 2.50. The smallest absolute Gasteiger partial charge is 0.0416 e. The summed E-state index contributed by atoms with van der Waals surface area (Å²) in [6.45, 7) is 2.73. The molecule has 0 spiro atoms. The predicted molar refractivity (Wildman–Crippen MR) is 70.7 cm³/mol. The molecule has 0 saturated heterocycles. The molecule has 1 aromatic heterocycles. The van der Waals surface area contributed by atoms with Gasteiger partial charge < -0.3 is 5.32 Å². The molecule has 2 rings (SSSR count). The van der Waals surface area contributed by atoms with Gasteiger partial charge >= 0.3 is 0 Å². The van der Waals surface area contributed by atoms with E-state index in [0.29, 0.717) is 0 Å². The number of aryl methyl sites for hydroxylation is 1. The molecule has 0 fully saturated rings. The number of terminal acetylenes is 1. The van der Waals surface area contributed by atoms with E-state index in [1.165, 1.54) is 0 Å². The number of aromatic nitrogens is 1. The van der Waals surface area contributed by atoms with Gasteiger partial charge in [-0.25, -0.2) is 0 Å². The third kappa shape index (κ3) is 3.09. The second-order valence-corrected chi connectivity index (χ2v) is 3.89. The molecule has 0 unspecified atom stereocenters. The SMILES string of the molecule is C#Cc1cccc(NCc2ccc(C)nc2)c1. The molecular formula is C15H14N2. The van der Waals surface area contributed by atoms with E-state index in [-0.39, 0.29) is 0 Å². The Morgan fingerprint density at radius 2 is 2.18 bits per heavy atom. The summed E-state index contributed by atoms with van der Waals surface area (Å²) in [6.07, 6.45) is 7.24. The van der Waals surface area contributed by atoms with Crippen molar-refractivity contribution in [3.8, 4) is 12.3 Å². The van der Waals surface area contributed by atoms with Crippen LogP contribution < -0.4 is 5.32 Å². The van der Waals surface area contributed by atoms with Crippen LogP contribution in [0, 0.1) is 19.3 Å². The van der Waals surface area contributed by atoms with E-state index in [4.69, 9.17) is 6.42 Å². The highest BCUT2D eigenvalue weighted by Crippen LogP contribution is 2.11. The summed E-state index contributed by atoms with van der Waals surface area (Å²) >= 11 is 0. The lowest BCUT2D eigenvalue weighted by atomic mass is 10.2. The lowest BCUT2D eigenvalue weighted by molar-refractivity contribution is 1.08. The number of rotatable bonds is 3. The first kappa shape index (κ1) is 11.2. The summed E-state index contributed by atoms with van der Waals surface area (Å²) in [6, 6.07) is 11.9. The Morgan fingerprint density at radius 3 is 2.88 bits per heavy atom. The van der Waals surface area contributed by atoms with Crippen LogP contribution in [0.3, 0.4) is 0 Å². The number of nitrogens with zero attached hydrogens (tertiary/aromatic N) is 1. The van der Waals surface area contributed by atoms with Gasteiger partial charge in [0.2, 0.25) is 0 Å². The van der Waals surface area contributed by atoms with E-state index in [0.717, 1.165) is 29.1 Å². The van der Waals surface area contributed by atoms with E-state index < -0.39 is 0 Å². The average molecular weight is 222 g/mol. The Morgan fingerprint density at radius 1 is 1.29 bits per heavy atom. The normalized spacial score (nSPS) is 9.65. The number of nitrogens with one attached hydrogen (secondary N) is 1. The molecule has 0 radical (unpaired) electrons. The fourth-order valence-corrected chi connectivity index (χ4v) is 1.53. The first-order valence-corrected chi connectivity index (χ1v) is 5.50. The molecule has 0 saturated carbocycles. The maximum atomic E-state index is 5.35. The number of anilines is 1. The fraction of sp³-hybridized carbons (Fsp3) is 0.133. The van der Waals surface area contributed by atoms with Crippen molar-refractivity contribution >= 4 is 5.69 Å². The van der Waals surface area contributed by atoms with Crippen molar-refractivity contribution in [1.82, 2.24) is 4.98 Å². The van der Waals surface area contributed by atoms with Crippen LogP contribution in [0.5, 0.6) is 0 Å². The fourth-order valence-electron chi connectivity index (χ4n) is 1.53. The minimum absolute atomic E-state index is 0.751. The molecule has 0 aliphatic heterocycles. The number of hydrogen-bond donors (Lipinski definition) is 1. The van der Waals surface area contributed by atoms with Gasteiger partial charge in [0, 0.05) is 29.7 Å². The minimum Gasteiger partial charge on any atom is -0.381 e. The molecule has 1 N–H and O–H groups in total. The summed E-state index contributed by atoms with van der Waals surface area (Å²) in [5.74, 6) is 2.62. The Hall–Kier alpha value is -2.27. The molecule has 1 heterocycles. The van der Waals surface area contributed by atoms with E-state index in [1.54, 1.807) is 0 Å². The third-order valence-corrected chi connectivity index (χ3v) is 2.50. The molecule has 1 aromatic carbocycles. The second kappa shape index (κ2) is 5.18. The largest absolute Gasteiger partial charge is 0.381 e. The minimum atomic E-state index is 0.751. The van der Waals surface area contributed by atoms with Crippen molar-refractivity contribution < 1.29 is 0 Å². The van der Waals surface area contributed by atoms with Crippen molar-refractivity contribution in [2.45, 2.75) is 13.5 Å². The number of benzene rings is 1. The van der Waals surface area contributed by atoms with Crippen molar-refractivity contribution in [3.05, 3.63) is 59.4 Å². The van der Waals surface area contributed by atoms with Gasteiger partial charge in [-0.2, -0.15) is 0 Å². The van der Waals surface area contributed by atoms with Crippen LogP contribution in [-0.2, 0) is 6.54 Å². The molecule has 2 nitrogen and oxygen atoms in total. The molecule has 0 aliphatic rings. The van der Waals surface area contributed by atoms with Gasteiger partial charge in [0.25, 0.3) is 0 Å². The van der Waals surface area contributed by atoms with Gasteiger partial charge in [-0.05, 0) is 36.8 Å². The van der Waals surface area contributed by atoms with Gasteiger partial charge in [0.15, 0.2) is 0 Å². The second-order valence-electron chi connectivity index (χ2n) is 3.89. The van der Waals surface area contributed by atoms with Crippen molar-refractivity contribution in [2.75, 3.05) is 5.32 Å². The summed E-state index contributed by atoms with van der Waals surface area (Å²) in [5, 5.41) is 3.32.